The molecule has 1 fully saturated rings. The van der Waals surface area contributed by atoms with Crippen LogP contribution in [0.2, 0.25) is 5.02 Å². The Morgan fingerprint density at radius 1 is 1.33 bits per heavy atom. The van der Waals surface area contributed by atoms with E-state index in [4.69, 9.17) is 11.6 Å². The second-order valence-electron chi connectivity index (χ2n) is 6.43. The van der Waals surface area contributed by atoms with Crippen LogP contribution in [-0.2, 0) is 13.0 Å². The molecule has 21 heavy (non-hydrogen) atoms. The summed E-state index contributed by atoms with van der Waals surface area (Å²) in [6, 6.07) is 0.505. The average molecular weight is 312 g/mol. The van der Waals surface area contributed by atoms with E-state index in [0.29, 0.717) is 6.04 Å². The van der Waals surface area contributed by atoms with Crippen molar-refractivity contribution in [1.82, 2.24) is 15.1 Å². The van der Waals surface area contributed by atoms with Gasteiger partial charge in [0.25, 0.3) is 0 Å². The summed E-state index contributed by atoms with van der Waals surface area (Å²) in [5.74, 6) is 0.947. The van der Waals surface area contributed by atoms with Gasteiger partial charge in [-0.1, -0.05) is 43.7 Å². The molecule has 0 radical (unpaired) electrons. The van der Waals surface area contributed by atoms with Gasteiger partial charge in [-0.15, -0.1) is 0 Å². The van der Waals surface area contributed by atoms with E-state index in [-0.39, 0.29) is 0 Å². The van der Waals surface area contributed by atoms with Crippen molar-refractivity contribution in [3.05, 3.63) is 16.4 Å². The summed E-state index contributed by atoms with van der Waals surface area (Å²) in [5.41, 5.74) is 2.15. The van der Waals surface area contributed by atoms with Crippen LogP contribution < -0.4 is 5.32 Å². The van der Waals surface area contributed by atoms with Crippen molar-refractivity contribution in [1.29, 1.82) is 0 Å². The molecule has 0 aliphatic heterocycles. The van der Waals surface area contributed by atoms with Gasteiger partial charge in [0, 0.05) is 19.0 Å². The second kappa shape index (κ2) is 8.19. The first-order chi connectivity index (χ1) is 10.2. The van der Waals surface area contributed by atoms with Crippen molar-refractivity contribution >= 4 is 11.6 Å². The first kappa shape index (κ1) is 16.8. The molecule has 3 nitrogen and oxygen atoms in total. The van der Waals surface area contributed by atoms with Crippen molar-refractivity contribution in [3.63, 3.8) is 0 Å². The number of halogens is 1. The molecule has 0 amide bonds. The molecule has 1 aliphatic carbocycles. The summed E-state index contributed by atoms with van der Waals surface area (Å²) in [5, 5.41) is 8.86. The van der Waals surface area contributed by atoms with Gasteiger partial charge >= 0.3 is 0 Å². The molecule has 0 saturated heterocycles. The maximum absolute atomic E-state index is 6.43. The quantitative estimate of drug-likeness (QED) is 0.811. The smallest absolute Gasteiger partial charge is 0.0847 e. The van der Waals surface area contributed by atoms with Crippen LogP contribution in [0.3, 0.4) is 0 Å². The van der Waals surface area contributed by atoms with E-state index < -0.39 is 0 Å². The topological polar surface area (TPSA) is 29.9 Å². The first-order valence-electron chi connectivity index (χ1n) is 8.54. The number of nitrogens with one attached hydrogen (secondary N) is 1. The van der Waals surface area contributed by atoms with E-state index in [1.807, 2.05) is 6.92 Å². The summed E-state index contributed by atoms with van der Waals surface area (Å²) in [6.07, 6.45) is 10.7. The van der Waals surface area contributed by atoms with Gasteiger partial charge in [-0.2, -0.15) is 5.10 Å². The molecule has 0 spiro atoms. The number of hydrogen-bond donors (Lipinski definition) is 1. The summed E-state index contributed by atoms with van der Waals surface area (Å²) in [7, 11) is 2.07. The van der Waals surface area contributed by atoms with Crippen LogP contribution >= 0.6 is 11.6 Å². The Morgan fingerprint density at radius 3 is 2.67 bits per heavy atom. The molecule has 1 unspecified atom stereocenters. The highest BCUT2D eigenvalue weighted by Gasteiger charge is 2.19. The van der Waals surface area contributed by atoms with E-state index in [1.54, 1.807) is 0 Å². The number of nitrogens with zero attached hydrogens (tertiary/aromatic N) is 2. The average Bonchev–Trinajstić information content (AvgIpc) is 2.79. The lowest BCUT2D eigenvalue weighted by atomic mass is 9.85. The minimum atomic E-state index is 0.505. The van der Waals surface area contributed by atoms with Crippen LogP contribution in [0.25, 0.3) is 0 Å². The van der Waals surface area contributed by atoms with Gasteiger partial charge in [-0.25, -0.2) is 0 Å². The zero-order chi connectivity index (χ0) is 15.2. The van der Waals surface area contributed by atoms with Crippen LogP contribution in [0, 0.1) is 12.8 Å². The molecule has 1 aromatic heterocycles. The molecule has 120 valence electrons. The van der Waals surface area contributed by atoms with Gasteiger partial charge in [-0.05, 0) is 39.7 Å². The standard InChI is InChI=1S/C17H30ClN3/c1-4-21-16(17(18)13(2)20-21)12-15(19-3)11-10-14-8-6-5-7-9-14/h14-15,19H,4-12H2,1-3H3. The maximum atomic E-state index is 6.43. The van der Waals surface area contributed by atoms with E-state index in [9.17, 15) is 0 Å². The fourth-order valence-electron chi connectivity index (χ4n) is 3.56. The number of aromatic nitrogens is 2. The normalized spacial score (nSPS) is 18.1. The third kappa shape index (κ3) is 4.46. The molecule has 1 atom stereocenters. The minimum Gasteiger partial charge on any atom is -0.317 e. The summed E-state index contributed by atoms with van der Waals surface area (Å²) < 4.78 is 2.06. The lowest BCUT2D eigenvalue weighted by Crippen LogP contribution is -2.29. The molecule has 4 heteroatoms. The zero-order valence-corrected chi connectivity index (χ0v) is 14.5. The van der Waals surface area contributed by atoms with Crippen LogP contribution in [0.15, 0.2) is 0 Å². The molecule has 1 aliphatic rings. The number of hydrogen-bond acceptors (Lipinski definition) is 2. The van der Waals surface area contributed by atoms with Crippen molar-refractivity contribution in [2.45, 2.75) is 77.8 Å². The Labute approximate surface area is 134 Å². The summed E-state index contributed by atoms with van der Waals surface area (Å²) >= 11 is 6.43. The fourth-order valence-corrected chi connectivity index (χ4v) is 3.77. The third-order valence-electron chi connectivity index (χ3n) is 4.95. The molecule has 1 N–H and O–H groups in total. The predicted molar refractivity (Wildman–Crippen MR) is 90.0 cm³/mol. The molecule has 1 aromatic rings. The van der Waals surface area contributed by atoms with Crippen LogP contribution in [-0.4, -0.2) is 22.9 Å². The summed E-state index contributed by atoms with van der Waals surface area (Å²) in [4.78, 5) is 0. The van der Waals surface area contributed by atoms with Gasteiger partial charge in [0.1, 0.15) is 0 Å². The zero-order valence-electron chi connectivity index (χ0n) is 13.8. The summed E-state index contributed by atoms with van der Waals surface area (Å²) in [6.45, 7) is 5.01. The van der Waals surface area contributed by atoms with Crippen LogP contribution in [0.4, 0.5) is 0 Å². The molecular weight excluding hydrogens is 282 g/mol. The van der Waals surface area contributed by atoms with Gasteiger partial charge < -0.3 is 5.32 Å². The van der Waals surface area contributed by atoms with E-state index in [1.165, 1.54) is 50.6 Å². The molecule has 1 heterocycles. The van der Waals surface area contributed by atoms with Crippen molar-refractivity contribution in [3.8, 4) is 0 Å². The highest BCUT2D eigenvalue weighted by atomic mass is 35.5. The molecule has 0 bridgehead atoms. The monoisotopic (exact) mass is 311 g/mol. The number of likely N-dealkylation sites (N-methyl/N-ethyl adjacent to an activating group) is 1. The Kier molecular flexibility index (Phi) is 6.56. The minimum absolute atomic E-state index is 0.505. The molecule has 0 aromatic carbocycles. The number of rotatable bonds is 7. The van der Waals surface area contributed by atoms with E-state index >= 15 is 0 Å². The molecule has 1 saturated carbocycles. The lowest BCUT2D eigenvalue weighted by molar-refractivity contribution is 0.314. The first-order valence-corrected chi connectivity index (χ1v) is 8.92. The highest BCUT2D eigenvalue weighted by molar-refractivity contribution is 6.31. The van der Waals surface area contributed by atoms with E-state index in [2.05, 4.69) is 29.1 Å². The van der Waals surface area contributed by atoms with Gasteiger partial charge in [0.05, 0.1) is 16.4 Å². The van der Waals surface area contributed by atoms with Crippen molar-refractivity contribution < 1.29 is 0 Å². The molecule has 2 rings (SSSR count). The fraction of sp³-hybridized carbons (Fsp3) is 0.824. The second-order valence-corrected chi connectivity index (χ2v) is 6.81. The Balaban J connectivity index is 1.92. The Bertz CT molecular complexity index is 435. The van der Waals surface area contributed by atoms with Gasteiger partial charge in [0.15, 0.2) is 0 Å². The number of aryl methyl sites for hydroxylation is 2. The van der Waals surface area contributed by atoms with Gasteiger partial charge in [0.2, 0.25) is 0 Å². The SMILES string of the molecule is CCn1nc(C)c(Cl)c1CC(CCC1CCCCC1)NC. The highest BCUT2D eigenvalue weighted by Crippen LogP contribution is 2.29. The lowest BCUT2D eigenvalue weighted by Gasteiger charge is -2.24. The van der Waals surface area contributed by atoms with Gasteiger partial charge in [-0.3, -0.25) is 4.68 Å². The van der Waals surface area contributed by atoms with Crippen LogP contribution in [0.1, 0.15) is 63.3 Å². The molecular formula is C17H30ClN3. The van der Waals surface area contributed by atoms with E-state index in [0.717, 1.165) is 29.6 Å². The predicted octanol–water partition coefficient (Wildman–Crippen LogP) is 4.36. The largest absolute Gasteiger partial charge is 0.317 e. The van der Waals surface area contributed by atoms with Crippen molar-refractivity contribution in [2.75, 3.05) is 7.05 Å². The third-order valence-corrected chi connectivity index (χ3v) is 5.44. The van der Waals surface area contributed by atoms with Crippen LogP contribution in [0.5, 0.6) is 0 Å². The maximum Gasteiger partial charge on any atom is 0.0847 e. The van der Waals surface area contributed by atoms with Crippen molar-refractivity contribution in [2.24, 2.45) is 5.92 Å². The Morgan fingerprint density at radius 2 is 2.05 bits per heavy atom. The Hall–Kier alpha value is -0.540.